The summed E-state index contributed by atoms with van der Waals surface area (Å²) >= 11 is 0. The lowest BCUT2D eigenvalue weighted by atomic mass is 10.2. The average molecular weight is 246 g/mol. The predicted molar refractivity (Wildman–Crippen MR) is 64.3 cm³/mol. The van der Waals surface area contributed by atoms with Gasteiger partial charge in [-0.05, 0) is 12.1 Å². The first kappa shape index (κ1) is 11.8. The summed E-state index contributed by atoms with van der Waals surface area (Å²) < 4.78 is 1.39. The maximum atomic E-state index is 11.9. The Hall–Kier alpha value is -2.70. The van der Waals surface area contributed by atoms with Crippen molar-refractivity contribution in [2.24, 2.45) is 7.05 Å². The number of nitrogens with zero attached hydrogens (tertiary/aromatic N) is 3. The zero-order valence-electron chi connectivity index (χ0n) is 9.53. The molecule has 1 N–H and O–H groups in total. The number of aryl methyl sites for hydroxylation is 1. The van der Waals surface area contributed by atoms with Crippen molar-refractivity contribution in [3.63, 3.8) is 0 Å². The second-order valence-electron chi connectivity index (χ2n) is 3.57. The van der Waals surface area contributed by atoms with E-state index in [0.717, 1.165) is 0 Å². The molecule has 1 aromatic heterocycles. The number of carbonyl (C=O) groups is 1. The number of aromatic nitrogens is 2. The molecule has 1 heterocycles. The highest BCUT2D eigenvalue weighted by molar-refractivity contribution is 6.04. The van der Waals surface area contributed by atoms with Gasteiger partial charge in [-0.2, -0.15) is 5.10 Å². The molecule has 0 aliphatic carbocycles. The van der Waals surface area contributed by atoms with Crippen LogP contribution < -0.4 is 5.32 Å². The number of benzene rings is 1. The van der Waals surface area contributed by atoms with Gasteiger partial charge in [0.05, 0.1) is 4.92 Å². The fraction of sp³-hybridized carbons (Fsp3) is 0.0909. The van der Waals surface area contributed by atoms with Crippen LogP contribution in [0.1, 0.15) is 10.5 Å². The molecule has 0 saturated heterocycles. The van der Waals surface area contributed by atoms with Gasteiger partial charge in [-0.1, -0.05) is 12.1 Å². The van der Waals surface area contributed by atoms with Gasteiger partial charge in [0.25, 0.3) is 11.6 Å². The lowest BCUT2D eigenvalue weighted by Gasteiger charge is -2.05. The average Bonchev–Trinajstić information content (AvgIpc) is 2.76. The minimum atomic E-state index is -0.543. The number of hydrogen-bond acceptors (Lipinski definition) is 4. The molecule has 92 valence electrons. The molecule has 7 nitrogen and oxygen atoms in total. The fourth-order valence-electron chi connectivity index (χ4n) is 1.52. The van der Waals surface area contributed by atoms with E-state index in [0.29, 0.717) is 5.69 Å². The first-order valence-corrected chi connectivity index (χ1v) is 5.12. The zero-order chi connectivity index (χ0) is 13.1. The van der Waals surface area contributed by atoms with Crippen LogP contribution in [0.15, 0.2) is 36.5 Å². The monoisotopic (exact) mass is 246 g/mol. The van der Waals surface area contributed by atoms with E-state index in [-0.39, 0.29) is 11.4 Å². The highest BCUT2D eigenvalue weighted by Gasteiger charge is 2.17. The minimum Gasteiger partial charge on any atom is -0.315 e. The van der Waals surface area contributed by atoms with Gasteiger partial charge in [-0.3, -0.25) is 19.6 Å². The Bertz CT molecular complexity index is 606. The van der Waals surface area contributed by atoms with Crippen LogP contribution in [0.3, 0.4) is 0 Å². The Morgan fingerprint density at radius 1 is 1.39 bits per heavy atom. The maximum Gasteiger partial charge on any atom is 0.292 e. The number of rotatable bonds is 3. The topological polar surface area (TPSA) is 90.1 Å². The summed E-state index contributed by atoms with van der Waals surface area (Å²) in [6.45, 7) is 0. The van der Waals surface area contributed by atoms with E-state index < -0.39 is 10.8 Å². The molecule has 0 radical (unpaired) electrons. The van der Waals surface area contributed by atoms with Crippen molar-refractivity contribution >= 4 is 17.3 Å². The Morgan fingerprint density at radius 2 is 2.11 bits per heavy atom. The number of carbonyl (C=O) groups excluding carboxylic acids is 1. The normalized spacial score (nSPS) is 10.1. The lowest BCUT2D eigenvalue weighted by Crippen LogP contribution is -2.16. The molecule has 1 amide bonds. The molecule has 1 aromatic carbocycles. The van der Waals surface area contributed by atoms with E-state index >= 15 is 0 Å². The summed E-state index contributed by atoms with van der Waals surface area (Å²) in [4.78, 5) is 22.1. The van der Waals surface area contributed by atoms with Crippen LogP contribution in [0.25, 0.3) is 0 Å². The summed E-state index contributed by atoms with van der Waals surface area (Å²) in [5, 5.41) is 17.1. The van der Waals surface area contributed by atoms with E-state index in [1.165, 1.54) is 35.1 Å². The number of anilines is 1. The molecule has 0 spiro atoms. The standard InChI is InChI=1S/C11H10N4O3/c1-14-10(6-7-12-14)11(16)13-8-4-2-3-5-9(8)15(17)18/h2-7H,1H3,(H,13,16). The Labute approximate surface area is 102 Å². The number of nitro groups is 1. The molecular formula is C11H10N4O3. The summed E-state index contributed by atoms with van der Waals surface area (Å²) in [7, 11) is 1.62. The van der Waals surface area contributed by atoms with Crippen molar-refractivity contribution in [3.05, 3.63) is 52.3 Å². The number of amides is 1. The molecule has 7 heteroatoms. The molecule has 0 aliphatic rings. The largest absolute Gasteiger partial charge is 0.315 e. The van der Waals surface area contributed by atoms with Crippen molar-refractivity contribution in [2.75, 3.05) is 5.32 Å². The molecule has 2 rings (SSSR count). The molecule has 0 unspecified atom stereocenters. The Balaban J connectivity index is 2.28. The quantitative estimate of drug-likeness (QED) is 0.657. The summed E-state index contributed by atoms with van der Waals surface area (Å²) in [5.74, 6) is -0.440. The molecular weight excluding hydrogens is 236 g/mol. The number of nitrogens with one attached hydrogen (secondary N) is 1. The predicted octanol–water partition coefficient (Wildman–Crippen LogP) is 1.58. The van der Waals surface area contributed by atoms with Crippen molar-refractivity contribution in [2.45, 2.75) is 0 Å². The third kappa shape index (κ3) is 2.19. The van der Waals surface area contributed by atoms with Crippen molar-refractivity contribution in [1.29, 1.82) is 0 Å². The molecule has 0 aliphatic heterocycles. The van der Waals surface area contributed by atoms with Gasteiger partial charge in [0, 0.05) is 19.3 Å². The van der Waals surface area contributed by atoms with Crippen LogP contribution >= 0.6 is 0 Å². The van der Waals surface area contributed by atoms with Gasteiger partial charge in [-0.25, -0.2) is 0 Å². The van der Waals surface area contributed by atoms with Crippen LogP contribution in [-0.2, 0) is 7.05 Å². The highest BCUT2D eigenvalue weighted by atomic mass is 16.6. The smallest absolute Gasteiger partial charge is 0.292 e. The Kier molecular flexibility index (Phi) is 3.05. The van der Waals surface area contributed by atoms with E-state index in [9.17, 15) is 14.9 Å². The molecule has 0 saturated carbocycles. The third-order valence-electron chi connectivity index (χ3n) is 2.40. The van der Waals surface area contributed by atoms with Crippen LogP contribution in [-0.4, -0.2) is 20.6 Å². The van der Waals surface area contributed by atoms with E-state index in [1.807, 2.05) is 0 Å². The summed E-state index contributed by atoms with van der Waals surface area (Å²) in [6.07, 6.45) is 1.48. The first-order chi connectivity index (χ1) is 8.59. The van der Waals surface area contributed by atoms with E-state index in [4.69, 9.17) is 0 Å². The van der Waals surface area contributed by atoms with E-state index in [2.05, 4.69) is 10.4 Å². The van der Waals surface area contributed by atoms with Gasteiger partial charge in [0.15, 0.2) is 0 Å². The van der Waals surface area contributed by atoms with Gasteiger partial charge in [-0.15, -0.1) is 0 Å². The van der Waals surface area contributed by atoms with Crippen LogP contribution in [0.2, 0.25) is 0 Å². The molecule has 0 bridgehead atoms. The van der Waals surface area contributed by atoms with Gasteiger partial charge in [0.1, 0.15) is 11.4 Å². The highest BCUT2D eigenvalue weighted by Crippen LogP contribution is 2.23. The third-order valence-corrected chi connectivity index (χ3v) is 2.40. The van der Waals surface area contributed by atoms with Crippen LogP contribution in [0.5, 0.6) is 0 Å². The number of hydrogen-bond donors (Lipinski definition) is 1. The first-order valence-electron chi connectivity index (χ1n) is 5.12. The van der Waals surface area contributed by atoms with Gasteiger partial charge < -0.3 is 5.32 Å². The van der Waals surface area contributed by atoms with Crippen LogP contribution in [0.4, 0.5) is 11.4 Å². The van der Waals surface area contributed by atoms with Crippen molar-refractivity contribution in [3.8, 4) is 0 Å². The van der Waals surface area contributed by atoms with Crippen molar-refractivity contribution < 1.29 is 9.72 Å². The number of para-hydroxylation sites is 2. The maximum absolute atomic E-state index is 11.9. The van der Waals surface area contributed by atoms with Crippen molar-refractivity contribution in [1.82, 2.24) is 9.78 Å². The minimum absolute atomic E-state index is 0.145. The molecule has 18 heavy (non-hydrogen) atoms. The molecule has 2 aromatic rings. The second kappa shape index (κ2) is 4.66. The molecule has 0 atom stereocenters. The fourth-order valence-corrected chi connectivity index (χ4v) is 1.52. The van der Waals surface area contributed by atoms with E-state index in [1.54, 1.807) is 13.1 Å². The number of nitro benzene ring substituents is 1. The SMILES string of the molecule is Cn1nccc1C(=O)Nc1ccccc1[N+](=O)[O-]. The summed E-state index contributed by atoms with van der Waals surface area (Å²) in [5.41, 5.74) is 0.342. The lowest BCUT2D eigenvalue weighted by molar-refractivity contribution is -0.383. The summed E-state index contributed by atoms with van der Waals surface area (Å²) in [6, 6.07) is 7.50. The zero-order valence-corrected chi connectivity index (χ0v) is 9.53. The second-order valence-corrected chi connectivity index (χ2v) is 3.57. The molecule has 0 fully saturated rings. The van der Waals surface area contributed by atoms with Gasteiger partial charge in [0.2, 0.25) is 0 Å². The Morgan fingerprint density at radius 3 is 2.72 bits per heavy atom. The van der Waals surface area contributed by atoms with Gasteiger partial charge >= 0.3 is 0 Å². The van der Waals surface area contributed by atoms with Crippen LogP contribution in [0, 0.1) is 10.1 Å².